The Bertz CT molecular complexity index is 175. The number of hydrogen-bond donors (Lipinski definition) is 2. The van der Waals surface area contributed by atoms with Crippen molar-refractivity contribution in [1.29, 1.82) is 0 Å². The van der Waals surface area contributed by atoms with Crippen LogP contribution in [0.5, 0.6) is 0 Å². The molecule has 0 amide bonds. The highest BCUT2D eigenvalue weighted by atomic mass is 14.5. The second-order valence-corrected chi connectivity index (χ2v) is 2.39. The molecule has 0 saturated heterocycles. The third kappa shape index (κ3) is 9.04. The Morgan fingerprint density at radius 2 is 1.17 bits per heavy atom. The highest BCUT2D eigenvalue weighted by Gasteiger charge is 1.75. The van der Waals surface area contributed by atoms with Gasteiger partial charge in [0.1, 0.15) is 0 Å². The summed E-state index contributed by atoms with van der Waals surface area (Å²) in [6.45, 7) is 1.41. The first-order chi connectivity index (χ1) is 5.91. The predicted octanol–water partition coefficient (Wildman–Crippen LogP) is 0.471. The van der Waals surface area contributed by atoms with Crippen LogP contribution >= 0.6 is 0 Å². The van der Waals surface area contributed by atoms with E-state index in [9.17, 15) is 0 Å². The van der Waals surface area contributed by atoms with E-state index < -0.39 is 0 Å². The molecule has 0 fully saturated rings. The van der Waals surface area contributed by atoms with E-state index >= 15 is 0 Å². The van der Waals surface area contributed by atoms with Gasteiger partial charge in [0.05, 0.1) is 0 Å². The van der Waals surface area contributed by atoms with Crippen molar-refractivity contribution in [2.45, 2.75) is 25.7 Å². The van der Waals surface area contributed by atoms with Crippen molar-refractivity contribution in [2.75, 3.05) is 13.1 Å². The van der Waals surface area contributed by atoms with Crippen LogP contribution in [0, 0.1) is 23.7 Å². The Labute approximate surface area is 74.7 Å². The van der Waals surface area contributed by atoms with Gasteiger partial charge in [-0.05, 0) is 37.8 Å². The fourth-order valence-electron chi connectivity index (χ4n) is 0.594. The van der Waals surface area contributed by atoms with Gasteiger partial charge in [-0.2, -0.15) is 0 Å². The fourth-order valence-corrected chi connectivity index (χ4v) is 0.594. The largest absolute Gasteiger partial charge is 0.330 e. The molecule has 0 bridgehead atoms. The molecule has 0 aromatic carbocycles. The van der Waals surface area contributed by atoms with Crippen molar-refractivity contribution in [3.8, 4) is 23.7 Å². The third-order valence-electron chi connectivity index (χ3n) is 1.25. The standard InChI is InChI=1S/C10H16N2/c11-9-7-5-3-1-2-4-6-8-10-12/h5-12H2. The molecule has 2 nitrogen and oxygen atoms in total. The molecule has 0 aliphatic rings. The predicted molar refractivity (Wildman–Crippen MR) is 52.1 cm³/mol. The van der Waals surface area contributed by atoms with Gasteiger partial charge in [-0.15, -0.1) is 0 Å². The average molecular weight is 164 g/mol. The Morgan fingerprint density at radius 1 is 0.750 bits per heavy atom. The maximum absolute atomic E-state index is 5.29. The SMILES string of the molecule is NCCCC#CC#CCCCN. The molecule has 0 saturated carbocycles. The van der Waals surface area contributed by atoms with E-state index in [0.29, 0.717) is 13.1 Å². The van der Waals surface area contributed by atoms with Gasteiger partial charge in [0, 0.05) is 12.8 Å². The monoisotopic (exact) mass is 164 g/mol. The smallest absolute Gasteiger partial charge is 0.0111 e. The minimum absolute atomic E-state index is 0.704. The van der Waals surface area contributed by atoms with E-state index in [2.05, 4.69) is 23.7 Å². The molecular weight excluding hydrogens is 148 g/mol. The Morgan fingerprint density at radius 3 is 1.50 bits per heavy atom. The molecule has 0 aliphatic carbocycles. The van der Waals surface area contributed by atoms with Crippen molar-refractivity contribution in [3.63, 3.8) is 0 Å². The van der Waals surface area contributed by atoms with Crippen LogP contribution in [0.2, 0.25) is 0 Å². The van der Waals surface area contributed by atoms with Crippen LogP contribution in [0.4, 0.5) is 0 Å². The highest BCUT2D eigenvalue weighted by molar-refractivity contribution is 5.25. The molecular formula is C10H16N2. The molecule has 66 valence electrons. The molecule has 0 aromatic rings. The van der Waals surface area contributed by atoms with Crippen molar-refractivity contribution in [2.24, 2.45) is 11.5 Å². The summed E-state index contributed by atoms with van der Waals surface area (Å²) in [5.41, 5.74) is 10.6. The Balaban J connectivity index is 3.32. The zero-order valence-corrected chi connectivity index (χ0v) is 7.40. The Kier molecular flexibility index (Phi) is 9.24. The minimum atomic E-state index is 0.704. The van der Waals surface area contributed by atoms with Gasteiger partial charge in [-0.25, -0.2) is 0 Å². The summed E-state index contributed by atoms with van der Waals surface area (Å²) >= 11 is 0. The van der Waals surface area contributed by atoms with Gasteiger partial charge < -0.3 is 11.5 Å². The van der Waals surface area contributed by atoms with E-state index in [1.807, 2.05) is 0 Å². The van der Waals surface area contributed by atoms with Gasteiger partial charge in [-0.1, -0.05) is 11.8 Å². The summed E-state index contributed by atoms with van der Waals surface area (Å²) in [6, 6.07) is 0. The Hall–Kier alpha value is -0.960. The molecule has 12 heavy (non-hydrogen) atoms. The van der Waals surface area contributed by atoms with Crippen LogP contribution in [-0.2, 0) is 0 Å². The highest BCUT2D eigenvalue weighted by Crippen LogP contribution is 1.81. The lowest BCUT2D eigenvalue weighted by Gasteiger charge is -1.82. The van der Waals surface area contributed by atoms with Crippen LogP contribution in [0.3, 0.4) is 0 Å². The lowest BCUT2D eigenvalue weighted by Crippen LogP contribution is -1.96. The van der Waals surface area contributed by atoms with E-state index in [0.717, 1.165) is 25.7 Å². The van der Waals surface area contributed by atoms with E-state index in [-0.39, 0.29) is 0 Å². The molecule has 0 unspecified atom stereocenters. The quantitative estimate of drug-likeness (QED) is 0.469. The number of hydrogen-bond acceptors (Lipinski definition) is 2. The third-order valence-corrected chi connectivity index (χ3v) is 1.25. The summed E-state index contributed by atoms with van der Waals surface area (Å²) in [4.78, 5) is 0. The summed E-state index contributed by atoms with van der Waals surface area (Å²) < 4.78 is 0. The van der Waals surface area contributed by atoms with Crippen molar-refractivity contribution in [1.82, 2.24) is 0 Å². The number of nitrogens with two attached hydrogens (primary N) is 2. The lowest BCUT2D eigenvalue weighted by molar-refractivity contribution is 0.869. The van der Waals surface area contributed by atoms with E-state index in [1.54, 1.807) is 0 Å². The minimum Gasteiger partial charge on any atom is -0.330 e. The first-order valence-electron chi connectivity index (χ1n) is 4.27. The van der Waals surface area contributed by atoms with Gasteiger partial charge in [0.2, 0.25) is 0 Å². The first-order valence-corrected chi connectivity index (χ1v) is 4.27. The normalized spacial score (nSPS) is 7.83. The molecule has 0 atom stereocenters. The summed E-state index contributed by atoms with van der Waals surface area (Å²) in [5, 5.41) is 0. The number of rotatable bonds is 4. The second kappa shape index (κ2) is 10.0. The van der Waals surface area contributed by atoms with Crippen LogP contribution in [0.15, 0.2) is 0 Å². The topological polar surface area (TPSA) is 52.0 Å². The van der Waals surface area contributed by atoms with Crippen molar-refractivity contribution >= 4 is 0 Å². The summed E-state index contributed by atoms with van der Waals surface area (Å²) in [6.07, 6.45) is 3.61. The zero-order valence-electron chi connectivity index (χ0n) is 7.40. The lowest BCUT2D eigenvalue weighted by atomic mass is 10.3. The van der Waals surface area contributed by atoms with E-state index in [4.69, 9.17) is 11.5 Å². The van der Waals surface area contributed by atoms with Crippen LogP contribution < -0.4 is 11.5 Å². The van der Waals surface area contributed by atoms with Crippen molar-refractivity contribution in [3.05, 3.63) is 0 Å². The van der Waals surface area contributed by atoms with Crippen molar-refractivity contribution < 1.29 is 0 Å². The molecule has 4 N–H and O–H groups in total. The summed E-state index contributed by atoms with van der Waals surface area (Å²) in [7, 11) is 0. The first kappa shape index (κ1) is 11.0. The van der Waals surface area contributed by atoms with Crippen LogP contribution in [-0.4, -0.2) is 13.1 Å². The second-order valence-electron chi connectivity index (χ2n) is 2.39. The molecule has 0 heterocycles. The van der Waals surface area contributed by atoms with Gasteiger partial charge in [0.15, 0.2) is 0 Å². The van der Waals surface area contributed by atoms with Gasteiger partial charge in [-0.3, -0.25) is 0 Å². The molecule has 0 radical (unpaired) electrons. The fraction of sp³-hybridized carbons (Fsp3) is 0.600. The zero-order chi connectivity index (χ0) is 9.07. The molecule has 0 aromatic heterocycles. The van der Waals surface area contributed by atoms with E-state index in [1.165, 1.54) is 0 Å². The number of unbranched alkanes of at least 4 members (excludes halogenated alkanes) is 2. The van der Waals surface area contributed by atoms with Crippen LogP contribution in [0.1, 0.15) is 25.7 Å². The maximum atomic E-state index is 5.29. The average Bonchev–Trinajstić information content (AvgIpc) is 2.10. The summed E-state index contributed by atoms with van der Waals surface area (Å²) in [5.74, 6) is 11.4. The molecule has 0 aliphatic heterocycles. The molecule has 0 rings (SSSR count). The maximum Gasteiger partial charge on any atom is 0.0111 e. The van der Waals surface area contributed by atoms with Gasteiger partial charge in [0.25, 0.3) is 0 Å². The molecule has 2 heteroatoms. The van der Waals surface area contributed by atoms with Gasteiger partial charge >= 0.3 is 0 Å². The molecule has 0 spiro atoms. The van der Waals surface area contributed by atoms with Crippen LogP contribution in [0.25, 0.3) is 0 Å².